The van der Waals surface area contributed by atoms with Crippen molar-refractivity contribution in [1.82, 2.24) is 10.6 Å². The average molecular weight is 236 g/mol. The summed E-state index contributed by atoms with van der Waals surface area (Å²) >= 11 is 0. The number of benzene rings is 1. The minimum absolute atomic E-state index is 0.0500. The van der Waals surface area contributed by atoms with Crippen molar-refractivity contribution < 1.29 is 15.0 Å². The van der Waals surface area contributed by atoms with E-state index in [1.54, 1.807) is 0 Å². The molecule has 0 aliphatic carbocycles. The molecule has 92 valence electrons. The summed E-state index contributed by atoms with van der Waals surface area (Å²) in [5.74, 6) is -0.819. The Balaban J connectivity index is 2.08. The van der Waals surface area contributed by atoms with Gasteiger partial charge < -0.3 is 20.8 Å². The number of phenols is 2. The standard InChI is InChI=1S/C12H16N2O3/c15-9-2-1-3-10(16)11(9)12(17)14-8-4-6-13-7-5-8/h1-3,8,13,15-16H,4-7H2,(H,14,17). The summed E-state index contributed by atoms with van der Waals surface area (Å²) in [4.78, 5) is 11.9. The van der Waals surface area contributed by atoms with Gasteiger partial charge in [-0.25, -0.2) is 0 Å². The lowest BCUT2D eigenvalue weighted by molar-refractivity contribution is 0.0924. The van der Waals surface area contributed by atoms with Crippen molar-refractivity contribution in [2.75, 3.05) is 13.1 Å². The Morgan fingerprint density at radius 2 is 1.82 bits per heavy atom. The predicted molar refractivity (Wildman–Crippen MR) is 63.1 cm³/mol. The highest BCUT2D eigenvalue weighted by Crippen LogP contribution is 2.26. The molecule has 5 heteroatoms. The number of amides is 1. The molecule has 4 N–H and O–H groups in total. The number of hydrogen-bond donors (Lipinski definition) is 4. The molecule has 5 nitrogen and oxygen atoms in total. The van der Waals surface area contributed by atoms with Crippen LogP contribution in [0.2, 0.25) is 0 Å². The van der Waals surface area contributed by atoms with Gasteiger partial charge in [0.15, 0.2) is 0 Å². The molecule has 1 saturated heterocycles. The van der Waals surface area contributed by atoms with Gasteiger partial charge in [0.1, 0.15) is 17.1 Å². The molecule has 1 aliphatic rings. The summed E-state index contributed by atoms with van der Waals surface area (Å²) in [6.07, 6.45) is 1.72. The van der Waals surface area contributed by atoms with Crippen molar-refractivity contribution in [2.45, 2.75) is 18.9 Å². The van der Waals surface area contributed by atoms with E-state index in [2.05, 4.69) is 10.6 Å². The molecular formula is C12H16N2O3. The highest BCUT2D eigenvalue weighted by molar-refractivity contribution is 5.99. The first kappa shape index (κ1) is 11.7. The molecule has 0 atom stereocenters. The van der Waals surface area contributed by atoms with Gasteiger partial charge in [0, 0.05) is 6.04 Å². The van der Waals surface area contributed by atoms with E-state index in [1.165, 1.54) is 18.2 Å². The van der Waals surface area contributed by atoms with Crippen LogP contribution in [-0.4, -0.2) is 35.3 Å². The SMILES string of the molecule is O=C(NC1CCNCC1)c1c(O)cccc1O. The average Bonchev–Trinajstić information content (AvgIpc) is 2.30. The number of carbonyl (C=O) groups is 1. The molecule has 0 aromatic heterocycles. The number of piperidine rings is 1. The first-order valence-corrected chi connectivity index (χ1v) is 5.71. The van der Waals surface area contributed by atoms with Crippen molar-refractivity contribution in [3.8, 4) is 11.5 Å². The van der Waals surface area contributed by atoms with Crippen molar-refractivity contribution in [2.24, 2.45) is 0 Å². The highest BCUT2D eigenvalue weighted by Gasteiger charge is 2.20. The Kier molecular flexibility index (Phi) is 3.49. The minimum atomic E-state index is -0.424. The Bertz CT molecular complexity index is 394. The van der Waals surface area contributed by atoms with E-state index in [4.69, 9.17) is 0 Å². The van der Waals surface area contributed by atoms with Crippen LogP contribution in [0, 0.1) is 0 Å². The van der Waals surface area contributed by atoms with Crippen molar-refractivity contribution in [3.63, 3.8) is 0 Å². The normalized spacial score (nSPS) is 16.7. The lowest BCUT2D eigenvalue weighted by atomic mass is 10.1. The topological polar surface area (TPSA) is 81.6 Å². The number of hydrogen-bond acceptors (Lipinski definition) is 4. The summed E-state index contributed by atoms with van der Waals surface area (Å²) in [6, 6.07) is 4.36. The first-order chi connectivity index (χ1) is 8.18. The van der Waals surface area contributed by atoms with Gasteiger partial charge in [0.25, 0.3) is 5.91 Å². The van der Waals surface area contributed by atoms with E-state index in [-0.39, 0.29) is 23.1 Å². The smallest absolute Gasteiger partial charge is 0.259 e. The van der Waals surface area contributed by atoms with Crippen LogP contribution in [0.25, 0.3) is 0 Å². The molecule has 0 spiro atoms. The Labute approximate surface area is 99.5 Å². The van der Waals surface area contributed by atoms with E-state index >= 15 is 0 Å². The van der Waals surface area contributed by atoms with Gasteiger partial charge in [-0.3, -0.25) is 4.79 Å². The third kappa shape index (κ3) is 2.68. The monoisotopic (exact) mass is 236 g/mol. The zero-order valence-corrected chi connectivity index (χ0v) is 9.44. The zero-order valence-electron chi connectivity index (χ0n) is 9.44. The molecule has 1 fully saturated rings. The molecule has 0 bridgehead atoms. The Morgan fingerprint density at radius 3 is 2.41 bits per heavy atom. The summed E-state index contributed by atoms with van der Waals surface area (Å²) in [6.45, 7) is 1.75. The second kappa shape index (κ2) is 5.05. The van der Waals surface area contributed by atoms with E-state index in [1.807, 2.05) is 0 Å². The fraction of sp³-hybridized carbons (Fsp3) is 0.417. The van der Waals surface area contributed by atoms with E-state index in [0.717, 1.165) is 25.9 Å². The molecule has 1 aromatic rings. The molecule has 0 radical (unpaired) electrons. The fourth-order valence-corrected chi connectivity index (χ4v) is 1.98. The molecule has 1 amide bonds. The van der Waals surface area contributed by atoms with Crippen molar-refractivity contribution >= 4 is 5.91 Å². The Morgan fingerprint density at radius 1 is 1.24 bits per heavy atom. The van der Waals surface area contributed by atoms with Gasteiger partial charge in [-0.2, -0.15) is 0 Å². The predicted octanol–water partition coefficient (Wildman–Crippen LogP) is 0.580. The minimum Gasteiger partial charge on any atom is -0.507 e. The van der Waals surface area contributed by atoms with Crippen molar-refractivity contribution in [1.29, 1.82) is 0 Å². The van der Waals surface area contributed by atoms with Gasteiger partial charge in [0.2, 0.25) is 0 Å². The lowest BCUT2D eigenvalue weighted by Crippen LogP contribution is -2.42. The second-order valence-corrected chi connectivity index (χ2v) is 4.17. The van der Waals surface area contributed by atoms with Gasteiger partial charge in [-0.05, 0) is 38.1 Å². The number of nitrogens with one attached hydrogen (secondary N) is 2. The second-order valence-electron chi connectivity index (χ2n) is 4.17. The van der Waals surface area contributed by atoms with Crippen LogP contribution in [-0.2, 0) is 0 Å². The maximum atomic E-state index is 11.9. The summed E-state index contributed by atoms with van der Waals surface area (Å²) in [5, 5.41) is 25.1. The van der Waals surface area contributed by atoms with Gasteiger partial charge in [0.05, 0.1) is 0 Å². The summed E-state index contributed by atoms with van der Waals surface area (Å²) in [7, 11) is 0. The molecule has 1 aromatic carbocycles. The summed E-state index contributed by atoms with van der Waals surface area (Å²) < 4.78 is 0. The number of aromatic hydroxyl groups is 2. The zero-order chi connectivity index (χ0) is 12.3. The van der Waals surface area contributed by atoms with E-state index < -0.39 is 5.91 Å². The van der Waals surface area contributed by atoms with Gasteiger partial charge in [-0.15, -0.1) is 0 Å². The van der Waals surface area contributed by atoms with Crippen LogP contribution in [0.15, 0.2) is 18.2 Å². The Hall–Kier alpha value is -1.75. The molecule has 2 rings (SSSR count). The third-order valence-corrected chi connectivity index (χ3v) is 2.92. The summed E-state index contributed by atoms with van der Waals surface area (Å²) in [5.41, 5.74) is -0.0500. The van der Waals surface area contributed by atoms with Crippen molar-refractivity contribution in [3.05, 3.63) is 23.8 Å². The molecule has 17 heavy (non-hydrogen) atoms. The molecule has 1 heterocycles. The molecule has 0 saturated carbocycles. The lowest BCUT2D eigenvalue weighted by Gasteiger charge is -2.23. The van der Waals surface area contributed by atoms with Crippen LogP contribution in [0.3, 0.4) is 0 Å². The maximum Gasteiger partial charge on any atom is 0.259 e. The quantitative estimate of drug-likeness (QED) is 0.605. The van der Waals surface area contributed by atoms with Gasteiger partial charge in [-0.1, -0.05) is 6.07 Å². The third-order valence-electron chi connectivity index (χ3n) is 2.92. The van der Waals surface area contributed by atoms with Crippen LogP contribution in [0.1, 0.15) is 23.2 Å². The molecule has 0 unspecified atom stereocenters. The van der Waals surface area contributed by atoms with Gasteiger partial charge >= 0.3 is 0 Å². The number of carbonyl (C=O) groups excluding carboxylic acids is 1. The van der Waals surface area contributed by atoms with Crippen LogP contribution < -0.4 is 10.6 Å². The van der Waals surface area contributed by atoms with E-state index in [9.17, 15) is 15.0 Å². The maximum absolute atomic E-state index is 11.9. The number of rotatable bonds is 2. The van der Waals surface area contributed by atoms with E-state index in [0.29, 0.717) is 0 Å². The van der Waals surface area contributed by atoms with Crippen LogP contribution >= 0.6 is 0 Å². The molecular weight excluding hydrogens is 220 g/mol. The fourth-order valence-electron chi connectivity index (χ4n) is 1.98. The van der Waals surface area contributed by atoms with Crippen LogP contribution in [0.4, 0.5) is 0 Å². The largest absolute Gasteiger partial charge is 0.507 e. The first-order valence-electron chi connectivity index (χ1n) is 5.71. The molecule has 1 aliphatic heterocycles. The highest BCUT2D eigenvalue weighted by atomic mass is 16.3. The number of phenolic OH excluding ortho intramolecular Hbond substituents is 2. The van der Waals surface area contributed by atoms with Crippen LogP contribution in [0.5, 0.6) is 11.5 Å².